The van der Waals surface area contributed by atoms with Gasteiger partial charge in [-0.2, -0.15) is 10.2 Å². The van der Waals surface area contributed by atoms with E-state index in [0.717, 1.165) is 135 Å². The van der Waals surface area contributed by atoms with Crippen LogP contribution in [0.5, 0.6) is 34.5 Å². The molecule has 0 spiro atoms. The number of aliphatic hydroxyl groups is 1. The lowest BCUT2D eigenvalue weighted by atomic mass is 9.98. The van der Waals surface area contributed by atoms with Crippen LogP contribution in [0.4, 0.5) is 32.6 Å². The number of urea groups is 1. The molecule has 3 aliphatic carbocycles. The van der Waals surface area contributed by atoms with Gasteiger partial charge < -0.3 is 69.2 Å². The number of carbonyl (C=O) groups excluding carboxylic acids is 2. The van der Waals surface area contributed by atoms with Gasteiger partial charge in [-0.3, -0.25) is 24.5 Å². The molecule has 7 aromatic carbocycles. The Bertz CT molecular complexity index is 5150. The fourth-order valence-corrected chi connectivity index (χ4v) is 14.6. The largest absolute Gasteiger partial charge is 0.493 e. The smallest absolute Gasteiger partial charge is 0.410 e. The first-order chi connectivity index (χ1) is 56.0. The maximum Gasteiger partial charge on any atom is 0.410 e. The Labute approximate surface area is 663 Å². The summed E-state index contributed by atoms with van der Waals surface area (Å²) in [5, 5.41) is 37.4. The van der Waals surface area contributed by atoms with Crippen LogP contribution in [0.2, 0.25) is 0 Å². The molecule has 0 radical (unpaired) electrons. The fourth-order valence-electron chi connectivity index (χ4n) is 14.6. The molecule has 7 N–H and O–H groups in total. The van der Waals surface area contributed by atoms with E-state index < -0.39 is 0 Å². The highest BCUT2D eigenvalue weighted by Gasteiger charge is 2.30. The summed E-state index contributed by atoms with van der Waals surface area (Å²) in [6.07, 6.45) is 24.5. The Hall–Kier alpha value is -12.5. The summed E-state index contributed by atoms with van der Waals surface area (Å²) < 4.78 is 47.0. The molecule has 4 aliphatic rings. The average molecular weight is 1540 g/mol. The molecule has 25 nitrogen and oxygen atoms in total. The van der Waals surface area contributed by atoms with Crippen molar-refractivity contribution in [2.24, 2.45) is 0 Å². The first-order valence-corrected chi connectivity index (χ1v) is 39.0. The number of nitrogens with one attached hydrogen (secondary N) is 6. The molecule has 1 saturated heterocycles. The van der Waals surface area contributed by atoms with Gasteiger partial charge in [-0.15, -0.1) is 0 Å². The van der Waals surface area contributed by atoms with Crippen LogP contribution in [0.15, 0.2) is 212 Å². The summed E-state index contributed by atoms with van der Waals surface area (Å²) in [4.78, 5) is 53.9. The second kappa shape index (κ2) is 40.1. The van der Waals surface area contributed by atoms with Gasteiger partial charge in [-0.1, -0.05) is 97.1 Å². The van der Waals surface area contributed by atoms with Crippen molar-refractivity contribution >= 4 is 57.1 Å². The van der Waals surface area contributed by atoms with Crippen molar-refractivity contribution in [3.63, 3.8) is 0 Å². The van der Waals surface area contributed by atoms with Crippen molar-refractivity contribution in [3.05, 3.63) is 262 Å². The summed E-state index contributed by atoms with van der Waals surface area (Å²) in [5.41, 5.74) is 10.1. The zero-order valence-electron chi connectivity index (χ0n) is 64.9. The number of fused-ring (bicyclic) bond motifs is 2. The summed E-state index contributed by atoms with van der Waals surface area (Å²) in [7, 11) is 6.68. The molecule has 25 heteroatoms. The maximum atomic E-state index is 13.6. The molecular weight excluding hydrogens is 1440 g/mol. The second-order valence-electron chi connectivity index (χ2n) is 28.5. The van der Waals surface area contributed by atoms with E-state index in [1.54, 1.807) is 93.2 Å². The van der Waals surface area contributed by atoms with Crippen LogP contribution in [0.1, 0.15) is 134 Å². The quantitative estimate of drug-likeness (QED) is 0.0265. The van der Waals surface area contributed by atoms with Gasteiger partial charge in [-0.05, 0) is 190 Å². The molecule has 1 atom stereocenters. The van der Waals surface area contributed by atoms with Crippen LogP contribution in [-0.2, 0) is 48.8 Å². The van der Waals surface area contributed by atoms with E-state index >= 15 is 0 Å². The molecular formula is C89H99N13O12. The van der Waals surface area contributed by atoms with Crippen LogP contribution in [-0.4, -0.2) is 122 Å². The van der Waals surface area contributed by atoms with Gasteiger partial charge in [0.15, 0.2) is 40.1 Å². The summed E-state index contributed by atoms with van der Waals surface area (Å²) in [5.74, 6) is 6.65. The number of hydrogen-bond acceptors (Lipinski definition) is 19. The number of anilines is 4. The number of aromatic nitrogens is 8. The molecule has 0 bridgehead atoms. The van der Waals surface area contributed by atoms with Crippen molar-refractivity contribution in [2.45, 2.75) is 147 Å². The number of ether oxygens (including phenoxy) is 8. The maximum absolute atomic E-state index is 13.6. The van der Waals surface area contributed by atoms with Gasteiger partial charge in [0.05, 0.1) is 76.6 Å². The van der Waals surface area contributed by atoms with Gasteiger partial charge in [0.1, 0.15) is 29.5 Å². The molecule has 1 unspecified atom stereocenters. The normalized spacial score (nSPS) is 14.7. The number of likely N-dealkylation sites (tertiary alicyclic amines) is 1. The zero-order chi connectivity index (χ0) is 78.8. The van der Waals surface area contributed by atoms with Gasteiger partial charge in [0.25, 0.3) is 5.56 Å². The first kappa shape index (κ1) is 79.6. The molecule has 114 heavy (non-hydrogen) atoms. The number of aliphatic hydroxyl groups excluding tert-OH is 1. The topological polar surface area (TPSA) is 298 Å². The molecule has 12 aromatic rings. The molecule has 6 heterocycles. The van der Waals surface area contributed by atoms with Gasteiger partial charge in [0.2, 0.25) is 0 Å². The third-order valence-electron chi connectivity index (χ3n) is 20.6. The molecule has 592 valence electrons. The van der Waals surface area contributed by atoms with E-state index in [-0.39, 0.29) is 42.9 Å². The third kappa shape index (κ3) is 21.4. The van der Waals surface area contributed by atoms with E-state index in [2.05, 4.69) is 74.8 Å². The number of hydrogen-bond donors (Lipinski definition) is 7. The highest BCUT2D eigenvalue weighted by atomic mass is 16.6. The number of nitrogens with zero attached hydrogens (tertiary/aromatic N) is 7. The number of carbonyl (C=O) groups is 2. The fraction of sp³-hybridized carbons (Fsp3) is 0.326. The summed E-state index contributed by atoms with van der Waals surface area (Å²) in [6.45, 7) is 3.36. The highest BCUT2D eigenvalue weighted by Crippen LogP contribution is 2.39. The lowest BCUT2D eigenvalue weighted by molar-refractivity contribution is 0.104. The minimum Gasteiger partial charge on any atom is -0.493 e. The Morgan fingerprint density at radius 1 is 0.544 bits per heavy atom. The van der Waals surface area contributed by atoms with E-state index in [1.807, 2.05) is 133 Å². The van der Waals surface area contributed by atoms with Crippen LogP contribution in [0.3, 0.4) is 0 Å². The lowest BCUT2D eigenvalue weighted by Crippen LogP contribution is -2.29. The van der Waals surface area contributed by atoms with Crippen molar-refractivity contribution in [2.75, 3.05) is 62.8 Å². The number of H-pyrrole nitrogens is 2. The van der Waals surface area contributed by atoms with Gasteiger partial charge in [0, 0.05) is 92.0 Å². The van der Waals surface area contributed by atoms with Crippen molar-refractivity contribution < 1.29 is 52.6 Å². The molecule has 5 aromatic heterocycles. The summed E-state index contributed by atoms with van der Waals surface area (Å²) >= 11 is 0. The second-order valence-corrected chi connectivity index (χ2v) is 28.5. The lowest BCUT2D eigenvalue weighted by Gasteiger charge is -2.19. The predicted octanol–water partition coefficient (Wildman–Crippen LogP) is 17.0. The number of rotatable bonds is 26. The number of benzene rings is 7. The Kier molecular flexibility index (Phi) is 28.0. The first-order valence-electron chi connectivity index (χ1n) is 39.0. The van der Waals surface area contributed by atoms with Gasteiger partial charge >= 0.3 is 12.1 Å². The van der Waals surface area contributed by atoms with Crippen molar-refractivity contribution in [1.29, 1.82) is 0 Å². The molecule has 16 rings (SSSR count). The van der Waals surface area contributed by atoms with E-state index in [4.69, 9.17) is 37.9 Å². The van der Waals surface area contributed by atoms with Gasteiger partial charge in [-0.25, -0.2) is 19.6 Å². The minimum atomic E-state index is -0.381. The van der Waals surface area contributed by atoms with Crippen LogP contribution in [0, 0.1) is 0 Å². The predicted molar refractivity (Wildman–Crippen MR) is 440 cm³/mol. The zero-order valence-corrected chi connectivity index (χ0v) is 64.9. The average Bonchev–Trinajstić information content (AvgIpc) is 0.993. The highest BCUT2D eigenvalue weighted by molar-refractivity contribution is 6.06. The third-order valence-corrected chi connectivity index (χ3v) is 20.6. The standard InChI is InChI=1S/C31H23N5O2.C23H28N2O4.C18H25N3O3.C17H23N3O3/c37-30-28(19-21-9-2-1-3-10-21)34-27-17-8-18-32-29(27)36(30)24-14-7-13-23(20-24)33-31(38)35-26-16-6-12-22-11-4-5-15-25(22)26;1-27-21-9-8-18(13-22(21)29-20-6-2-3-7-20)19-10-12-25(15-19)23(26)28-16-17-5-4-11-24-14-17;1-22-12-14-11-20-21-18(14)19-10-13-7-8-16(23-2)17(9-13)24-15-5-3-4-6-15;1-22-15-7-6-12(8-16(15)23-14-4-2-3-5-14)9-18-17-13(11-21)10-19-20-17/h1-18,20H,19H2,(H2,33,35,38);4-5,8-9,11,13-14,19-20H,2-3,6-7,10,12,15-16H2,1H3;7-9,11,15H,3-6,10,12H2,1-2H3,(H2,19,20,21);6-8,10,14,21H,2-5,9,11H2,1H3,(H2,18,19,20). The number of amides is 3. The Balaban J connectivity index is 0.000000136. The number of pyridine rings is 2. The monoisotopic (exact) mass is 1540 g/mol. The molecule has 3 saturated carbocycles. The Morgan fingerprint density at radius 3 is 1.76 bits per heavy atom. The van der Waals surface area contributed by atoms with Crippen LogP contribution in [0.25, 0.3) is 27.6 Å². The van der Waals surface area contributed by atoms with Crippen LogP contribution < -0.4 is 55.2 Å². The minimum absolute atomic E-state index is 0.0442. The molecule has 4 fully saturated rings. The van der Waals surface area contributed by atoms with Crippen molar-refractivity contribution in [1.82, 2.24) is 44.8 Å². The van der Waals surface area contributed by atoms with Crippen LogP contribution >= 0.6 is 0 Å². The number of methoxy groups -OCH3 is 4. The molecule has 1 aliphatic heterocycles. The molecule has 3 amide bonds. The van der Waals surface area contributed by atoms with E-state index in [1.165, 1.54) is 44.1 Å². The van der Waals surface area contributed by atoms with Crippen molar-refractivity contribution in [3.8, 4) is 40.2 Å². The van der Waals surface area contributed by atoms with E-state index in [9.17, 15) is 19.5 Å². The summed E-state index contributed by atoms with van der Waals surface area (Å²) in [6, 6.07) is 55.7. The van der Waals surface area contributed by atoms with E-state index in [0.29, 0.717) is 85.3 Å². The Morgan fingerprint density at radius 2 is 1.13 bits per heavy atom. The SMILES string of the molecule is COCc1cn[nH]c1NCc1ccc(OC)c(OC2CCCC2)c1.COc1ccc(C2CCN(C(=O)OCc3cccnc3)C2)cc1OC1CCCC1.COc1ccc(CNc2[nH]ncc2CO)cc1OC1CCCC1.O=C(Nc1cccc(-n2c(=O)c(Cc3ccccc3)nc3cccnc32)c1)Nc1cccc2ccccc12. The number of aromatic amines is 2.